The molecular weight excluding hydrogens is 256 g/mol. The average molecular weight is 276 g/mol. The second-order valence-electron chi connectivity index (χ2n) is 4.52. The first-order chi connectivity index (χ1) is 9.72. The van der Waals surface area contributed by atoms with Gasteiger partial charge in [0, 0.05) is 12.1 Å². The normalized spacial score (nSPS) is 11.0. The van der Waals surface area contributed by atoms with E-state index in [-0.39, 0.29) is 6.54 Å². The number of nitrogens with two attached hydrogens (primary N) is 1. The Morgan fingerprint density at radius 2 is 2.10 bits per heavy atom. The molecule has 0 aliphatic rings. The lowest BCUT2D eigenvalue weighted by atomic mass is 10.2. The molecule has 0 radical (unpaired) electrons. The van der Waals surface area contributed by atoms with E-state index < -0.39 is 0 Å². The highest BCUT2D eigenvalue weighted by Gasteiger charge is 2.10. The molecule has 0 fully saturated rings. The van der Waals surface area contributed by atoms with Crippen molar-refractivity contribution in [2.45, 2.75) is 26.6 Å². The highest BCUT2D eigenvalue weighted by atomic mass is 16.5. The molecule has 6 heteroatoms. The van der Waals surface area contributed by atoms with Crippen LogP contribution >= 0.6 is 0 Å². The van der Waals surface area contributed by atoms with Crippen LogP contribution in [0.15, 0.2) is 28.8 Å². The summed E-state index contributed by atoms with van der Waals surface area (Å²) < 4.78 is 10.6. The van der Waals surface area contributed by atoms with E-state index in [1.807, 2.05) is 32.2 Å². The number of hydrogen-bond donors (Lipinski definition) is 1. The molecule has 0 aliphatic carbocycles. The van der Waals surface area contributed by atoms with Gasteiger partial charge in [0.2, 0.25) is 5.89 Å². The predicted octanol–water partition coefficient (Wildman–Crippen LogP) is 1.56. The van der Waals surface area contributed by atoms with Gasteiger partial charge in [-0.2, -0.15) is 4.98 Å². The van der Waals surface area contributed by atoms with Crippen LogP contribution in [-0.2, 0) is 19.6 Å². The second kappa shape index (κ2) is 7.02. The van der Waals surface area contributed by atoms with Crippen LogP contribution in [0.25, 0.3) is 0 Å². The fourth-order valence-corrected chi connectivity index (χ4v) is 1.96. The van der Waals surface area contributed by atoms with Crippen molar-refractivity contribution in [1.29, 1.82) is 0 Å². The topological polar surface area (TPSA) is 77.4 Å². The van der Waals surface area contributed by atoms with Crippen molar-refractivity contribution in [3.63, 3.8) is 0 Å². The first kappa shape index (κ1) is 14.5. The standard InChI is InChI=1S/C14H20N4O2/c1-3-19-12-7-5-4-6-11(12)9-18(2)10-13-16-14(8-15)20-17-13/h4-7H,3,8-10,15H2,1-2H3. The Kier molecular flexibility index (Phi) is 5.09. The fourth-order valence-electron chi connectivity index (χ4n) is 1.96. The largest absolute Gasteiger partial charge is 0.494 e. The number of nitrogens with zero attached hydrogens (tertiary/aromatic N) is 3. The minimum absolute atomic E-state index is 0.268. The van der Waals surface area contributed by atoms with Crippen LogP contribution in [0.3, 0.4) is 0 Å². The molecule has 0 bridgehead atoms. The Labute approximate surface area is 118 Å². The van der Waals surface area contributed by atoms with E-state index in [9.17, 15) is 0 Å². The van der Waals surface area contributed by atoms with Crippen LogP contribution < -0.4 is 10.5 Å². The van der Waals surface area contributed by atoms with Crippen molar-refractivity contribution in [3.8, 4) is 5.75 Å². The number of hydrogen-bond acceptors (Lipinski definition) is 6. The van der Waals surface area contributed by atoms with E-state index in [4.69, 9.17) is 15.0 Å². The van der Waals surface area contributed by atoms with Crippen molar-refractivity contribution < 1.29 is 9.26 Å². The zero-order valence-corrected chi connectivity index (χ0v) is 11.9. The van der Waals surface area contributed by atoms with Crippen LogP contribution in [-0.4, -0.2) is 28.7 Å². The molecule has 2 N–H and O–H groups in total. The zero-order chi connectivity index (χ0) is 14.4. The molecule has 0 saturated carbocycles. The molecule has 20 heavy (non-hydrogen) atoms. The van der Waals surface area contributed by atoms with Crippen molar-refractivity contribution in [1.82, 2.24) is 15.0 Å². The summed E-state index contributed by atoms with van der Waals surface area (Å²) in [6.07, 6.45) is 0. The second-order valence-corrected chi connectivity index (χ2v) is 4.52. The highest BCUT2D eigenvalue weighted by Crippen LogP contribution is 2.19. The lowest BCUT2D eigenvalue weighted by molar-refractivity contribution is 0.286. The lowest BCUT2D eigenvalue weighted by Gasteiger charge is -2.17. The van der Waals surface area contributed by atoms with Gasteiger partial charge in [-0.15, -0.1) is 0 Å². The van der Waals surface area contributed by atoms with Gasteiger partial charge in [0.1, 0.15) is 5.75 Å². The molecule has 0 unspecified atom stereocenters. The fraction of sp³-hybridized carbons (Fsp3) is 0.429. The van der Waals surface area contributed by atoms with Gasteiger partial charge < -0.3 is 15.0 Å². The maximum atomic E-state index is 5.62. The maximum absolute atomic E-state index is 5.62. The van der Waals surface area contributed by atoms with Crippen molar-refractivity contribution in [2.75, 3.05) is 13.7 Å². The Hall–Kier alpha value is -1.92. The van der Waals surface area contributed by atoms with E-state index in [0.717, 1.165) is 17.9 Å². The van der Waals surface area contributed by atoms with Crippen molar-refractivity contribution in [2.24, 2.45) is 5.73 Å². The molecule has 0 atom stereocenters. The summed E-state index contributed by atoms with van der Waals surface area (Å²) in [6, 6.07) is 8.02. The van der Waals surface area contributed by atoms with E-state index >= 15 is 0 Å². The van der Waals surface area contributed by atoms with Crippen molar-refractivity contribution >= 4 is 0 Å². The number of benzene rings is 1. The van der Waals surface area contributed by atoms with E-state index in [1.54, 1.807) is 0 Å². The van der Waals surface area contributed by atoms with Crippen LogP contribution in [0.2, 0.25) is 0 Å². The summed E-state index contributed by atoms with van der Waals surface area (Å²) in [7, 11) is 2.00. The lowest BCUT2D eigenvalue weighted by Crippen LogP contribution is -2.18. The molecule has 1 aromatic heterocycles. The zero-order valence-electron chi connectivity index (χ0n) is 11.9. The third-order valence-corrected chi connectivity index (χ3v) is 2.81. The molecule has 2 rings (SSSR count). The van der Waals surface area contributed by atoms with Gasteiger partial charge >= 0.3 is 0 Å². The first-order valence-electron chi connectivity index (χ1n) is 6.63. The maximum Gasteiger partial charge on any atom is 0.240 e. The SMILES string of the molecule is CCOc1ccccc1CN(C)Cc1noc(CN)n1. The molecule has 0 saturated heterocycles. The summed E-state index contributed by atoms with van der Waals surface area (Å²) in [5.74, 6) is 2.02. The van der Waals surface area contributed by atoms with E-state index in [1.165, 1.54) is 0 Å². The summed E-state index contributed by atoms with van der Waals surface area (Å²) >= 11 is 0. The van der Waals surface area contributed by atoms with Gasteiger partial charge in [0.25, 0.3) is 0 Å². The molecule has 6 nitrogen and oxygen atoms in total. The molecule has 0 amide bonds. The molecule has 0 aliphatic heterocycles. The smallest absolute Gasteiger partial charge is 0.240 e. The highest BCUT2D eigenvalue weighted by molar-refractivity contribution is 5.33. The summed E-state index contributed by atoms with van der Waals surface area (Å²) in [5, 5.41) is 3.89. The molecule has 1 aromatic carbocycles. The Balaban J connectivity index is 1.98. The van der Waals surface area contributed by atoms with Crippen molar-refractivity contribution in [3.05, 3.63) is 41.5 Å². The van der Waals surface area contributed by atoms with E-state index in [2.05, 4.69) is 21.1 Å². The number of rotatable bonds is 7. The minimum atomic E-state index is 0.268. The van der Waals surface area contributed by atoms with Crippen LogP contribution in [0.4, 0.5) is 0 Å². The van der Waals surface area contributed by atoms with Gasteiger partial charge in [-0.25, -0.2) is 0 Å². The third-order valence-electron chi connectivity index (χ3n) is 2.81. The van der Waals surface area contributed by atoms with E-state index in [0.29, 0.717) is 24.9 Å². The Morgan fingerprint density at radius 3 is 2.80 bits per heavy atom. The Bertz CT molecular complexity index is 541. The molecule has 2 aromatic rings. The number of para-hydroxylation sites is 1. The minimum Gasteiger partial charge on any atom is -0.494 e. The third kappa shape index (κ3) is 3.79. The summed E-state index contributed by atoms with van der Waals surface area (Å²) in [6.45, 7) is 4.26. The van der Waals surface area contributed by atoms with Gasteiger partial charge in [-0.1, -0.05) is 23.4 Å². The molecule has 0 spiro atoms. The average Bonchev–Trinajstić information content (AvgIpc) is 2.89. The summed E-state index contributed by atoms with van der Waals surface area (Å²) in [5.41, 5.74) is 6.58. The quantitative estimate of drug-likeness (QED) is 0.827. The van der Waals surface area contributed by atoms with Gasteiger partial charge in [-0.05, 0) is 20.0 Å². The monoisotopic (exact) mass is 276 g/mol. The van der Waals surface area contributed by atoms with Gasteiger partial charge in [0.05, 0.1) is 19.7 Å². The van der Waals surface area contributed by atoms with Crippen LogP contribution in [0.1, 0.15) is 24.2 Å². The predicted molar refractivity (Wildman–Crippen MR) is 75.0 cm³/mol. The summed E-state index contributed by atoms with van der Waals surface area (Å²) in [4.78, 5) is 6.29. The van der Waals surface area contributed by atoms with Gasteiger partial charge in [-0.3, -0.25) is 4.90 Å². The van der Waals surface area contributed by atoms with Gasteiger partial charge in [0.15, 0.2) is 5.82 Å². The Morgan fingerprint density at radius 1 is 1.30 bits per heavy atom. The first-order valence-corrected chi connectivity index (χ1v) is 6.63. The molecular formula is C14H20N4O2. The van der Waals surface area contributed by atoms with Crippen LogP contribution in [0.5, 0.6) is 5.75 Å². The molecule has 1 heterocycles. The number of aromatic nitrogens is 2. The number of ether oxygens (including phenoxy) is 1. The molecule has 108 valence electrons. The van der Waals surface area contributed by atoms with Crippen LogP contribution in [0, 0.1) is 0 Å².